The van der Waals surface area contributed by atoms with Crippen molar-refractivity contribution >= 4 is 11.3 Å². The second-order valence-electron chi connectivity index (χ2n) is 2.43. The lowest BCUT2D eigenvalue weighted by molar-refractivity contribution is 0.630. The van der Waals surface area contributed by atoms with Crippen LogP contribution in [0.25, 0.3) is 10.8 Å². The van der Waals surface area contributed by atoms with Crippen LogP contribution in [0.15, 0.2) is 6.20 Å². The fraction of sp³-hybridized carbons (Fsp3) is 0.125. The summed E-state index contributed by atoms with van der Waals surface area (Å²) in [6.45, 7) is 3.44. The van der Waals surface area contributed by atoms with E-state index in [1.165, 1.54) is 16.1 Å². The molecule has 0 aliphatic carbocycles. The van der Waals surface area contributed by atoms with Gasteiger partial charge in [-0.25, -0.2) is 4.98 Å². The van der Waals surface area contributed by atoms with Crippen LogP contribution in [-0.4, -0.2) is 25.2 Å². The highest BCUT2D eigenvalue weighted by Crippen LogP contribution is 2.20. The van der Waals surface area contributed by atoms with Gasteiger partial charge in [-0.3, -0.25) is 0 Å². The zero-order valence-corrected chi connectivity index (χ0v) is 8.25. The number of nitrogens with zero attached hydrogens (tertiary/aromatic N) is 5. The Morgan fingerprint density at radius 3 is 3.07 bits per heavy atom. The van der Waals surface area contributed by atoms with Gasteiger partial charge in [0, 0.05) is 6.92 Å². The molecule has 0 aliphatic rings. The van der Waals surface area contributed by atoms with Gasteiger partial charge in [0.25, 0.3) is 0 Å². The Labute approximate surface area is 84.8 Å². The van der Waals surface area contributed by atoms with Crippen LogP contribution in [0.2, 0.25) is 0 Å². The van der Waals surface area contributed by atoms with Gasteiger partial charge >= 0.3 is 0 Å². The van der Waals surface area contributed by atoms with Crippen molar-refractivity contribution in [3.63, 3.8) is 0 Å². The monoisotopic (exact) mass is 204 g/mol. The number of tetrazole rings is 1. The average molecular weight is 204 g/mol. The van der Waals surface area contributed by atoms with Gasteiger partial charge in [-0.2, -0.15) is 4.80 Å². The molecule has 14 heavy (non-hydrogen) atoms. The van der Waals surface area contributed by atoms with Gasteiger partial charge in [0.15, 0.2) is 5.01 Å². The fourth-order valence-corrected chi connectivity index (χ4v) is 1.61. The Hall–Kier alpha value is -1.74. The highest BCUT2D eigenvalue weighted by Gasteiger charge is 2.08. The number of aryl methyl sites for hydroxylation is 1. The smallest absolute Gasteiger partial charge is 0.233 e. The van der Waals surface area contributed by atoms with E-state index >= 15 is 0 Å². The molecule has 0 saturated carbocycles. The van der Waals surface area contributed by atoms with Crippen molar-refractivity contribution in [1.29, 1.82) is 0 Å². The lowest BCUT2D eigenvalue weighted by Crippen LogP contribution is -1.91. The van der Waals surface area contributed by atoms with E-state index in [1.807, 2.05) is 0 Å². The summed E-state index contributed by atoms with van der Waals surface area (Å²) < 4.78 is 0. The van der Waals surface area contributed by atoms with Crippen molar-refractivity contribution in [3.8, 4) is 22.7 Å². The first-order valence-electron chi connectivity index (χ1n) is 3.78. The normalized spacial score (nSPS) is 9.57. The third-order valence-corrected chi connectivity index (χ3v) is 2.33. The zero-order valence-electron chi connectivity index (χ0n) is 7.43. The topological polar surface area (TPSA) is 56.5 Å². The van der Waals surface area contributed by atoms with Crippen LogP contribution in [0.1, 0.15) is 4.88 Å². The molecule has 2 aromatic heterocycles. The number of aromatic nitrogens is 5. The van der Waals surface area contributed by atoms with Crippen LogP contribution in [0.4, 0.5) is 0 Å². The predicted octanol–water partition coefficient (Wildman–Crippen LogP) is 0.519. The van der Waals surface area contributed by atoms with Crippen LogP contribution < -0.4 is 0 Å². The van der Waals surface area contributed by atoms with Gasteiger partial charge in [-0.1, -0.05) is 11.8 Å². The van der Waals surface area contributed by atoms with Gasteiger partial charge in [0.2, 0.25) is 5.82 Å². The number of hydrogen-bond donors (Lipinski definition) is 0. The van der Waals surface area contributed by atoms with E-state index in [2.05, 4.69) is 39.2 Å². The SMILES string of the molecule is [CH2]C#Cc1cnc(-c2nnn(C)n2)s1. The molecule has 1 radical (unpaired) electrons. The molecule has 0 N–H and O–H groups in total. The summed E-state index contributed by atoms with van der Waals surface area (Å²) >= 11 is 1.42. The first kappa shape index (κ1) is 8.84. The summed E-state index contributed by atoms with van der Waals surface area (Å²) in [5, 5.41) is 12.3. The summed E-state index contributed by atoms with van der Waals surface area (Å²) in [6.07, 6.45) is 1.68. The molecule has 5 nitrogen and oxygen atoms in total. The van der Waals surface area contributed by atoms with E-state index < -0.39 is 0 Å². The molecule has 2 heterocycles. The molecular weight excluding hydrogens is 198 g/mol. The standard InChI is InChI=1S/C8H6N5S/c1-3-4-6-5-9-8(14-6)7-10-12-13(2)11-7/h5H,1H2,2H3. The maximum absolute atomic E-state index is 4.13. The molecule has 0 atom stereocenters. The first-order chi connectivity index (χ1) is 6.79. The third kappa shape index (κ3) is 1.63. The molecule has 6 heteroatoms. The average Bonchev–Trinajstić information content (AvgIpc) is 2.74. The Morgan fingerprint density at radius 1 is 1.57 bits per heavy atom. The van der Waals surface area contributed by atoms with Crippen molar-refractivity contribution in [2.75, 3.05) is 0 Å². The third-order valence-electron chi connectivity index (χ3n) is 1.42. The van der Waals surface area contributed by atoms with Gasteiger partial charge in [-0.15, -0.1) is 21.5 Å². The quantitative estimate of drug-likeness (QED) is 0.635. The number of hydrogen-bond acceptors (Lipinski definition) is 5. The van der Waals surface area contributed by atoms with Crippen LogP contribution in [0.3, 0.4) is 0 Å². The van der Waals surface area contributed by atoms with Crippen molar-refractivity contribution in [1.82, 2.24) is 25.2 Å². The minimum Gasteiger partial charge on any atom is -0.240 e. The van der Waals surface area contributed by atoms with E-state index in [4.69, 9.17) is 0 Å². The highest BCUT2D eigenvalue weighted by atomic mass is 32.1. The van der Waals surface area contributed by atoms with E-state index in [0.717, 1.165) is 9.88 Å². The minimum atomic E-state index is 0.523. The van der Waals surface area contributed by atoms with E-state index in [1.54, 1.807) is 13.2 Å². The molecule has 0 aliphatic heterocycles. The summed E-state index contributed by atoms with van der Waals surface area (Å²) in [5.41, 5.74) is 0. The highest BCUT2D eigenvalue weighted by molar-refractivity contribution is 7.15. The molecule has 0 aromatic carbocycles. The molecule has 0 amide bonds. The van der Waals surface area contributed by atoms with E-state index in [0.29, 0.717) is 5.82 Å². The van der Waals surface area contributed by atoms with Gasteiger partial charge in [0.05, 0.1) is 18.1 Å². The number of thiazole rings is 1. The molecule has 0 saturated heterocycles. The van der Waals surface area contributed by atoms with E-state index in [-0.39, 0.29) is 0 Å². The summed E-state index contributed by atoms with van der Waals surface area (Å²) in [7, 11) is 1.71. The van der Waals surface area contributed by atoms with Crippen LogP contribution in [-0.2, 0) is 7.05 Å². The van der Waals surface area contributed by atoms with Crippen LogP contribution in [0.5, 0.6) is 0 Å². The molecule has 2 rings (SSSR count). The lowest BCUT2D eigenvalue weighted by Gasteiger charge is -1.81. The van der Waals surface area contributed by atoms with Crippen LogP contribution >= 0.6 is 11.3 Å². The lowest BCUT2D eigenvalue weighted by atomic mass is 10.5. The van der Waals surface area contributed by atoms with Gasteiger partial charge < -0.3 is 0 Å². The fourth-order valence-electron chi connectivity index (χ4n) is 0.892. The molecule has 0 fully saturated rings. The van der Waals surface area contributed by atoms with Crippen molar-refractivity contribution < 1.29 is 0 Å². The number of rotatable bonds is 1. The predicted molar refractivity (Wildman–Crippen MR) is 52.1 cm³/mol. The molecule has 2 aromatic rings. The summed E-state index contributed by atoms with van der Waals surface area (Å²) in [6, 6.07) is 0. The molecular formula is C8H6N5S. The summed E-state index contributed by atoms with van der Waals surface area (Å²) in [4.78, 5) is 6.37. The molecule has 0 bridgehead atoms. The molecule has 0 spiro atoms. The van der Waals surface area contributed by atoms with Crippen molar-refractivity contribution in [2.45, 2.75) is 0 Å². The minimum absolute atomic E-state index is 0.523. The first-order valence-corrected chi connectivity index (χ1v) is 4.59. The van der Waals surface area contributed by atoms with Crippen molar-refractivity contribution in [3.05, 3.63) is 18.0 Å². The zero-order chi connectivity index (χ0) is 9.97. The Bertz CT molecular complexity index is 501. The Kier molecular flexibility index (Phi) is 2.24. The van der Waals surface area contributed by atoms with E-state index in [9.17, 15) is 0 Å². The molecule has 69 valence electrons. The summed E-state index contributed by atoms with van der Waals surface area (Å²) in [5.74, 6) is 5.90. The van der Waals surface area contributed by atoms with Gasteiger partial charge in [0.1, 0.15) is 0 Å². The largest absolute Gasteiger partial charge is 0.240 e. The Balaban J connectivity index is 2.36. The van der Waals surface area contributed by atoms with Crippen LogP contribution in [0, 0.1) is 18.8 Å². The van der Waals surface area contributed by atoms with Gasteiger partial charge in [-0.05, 0) is 5.21 Å². The van der Waals surface area contributed by atoms with Crippen molar-refractivity contribution in [2.24, 2.45) is 7.05 Å². The molecule has 0 unspecified atom stereocenters. The maximum Gasteiger partial charge on any atom is 0.233 e. The second kappa shape index (κ2) is 3.55. The maximum atomic E-state index is 4.13. The Morgan fingerprint density at radius 2 is 2.43 bits per heavy atom. The second-order valence-corrected chi connectivity index (χ2v) is 3.46.